The van der Waals surface area contributed by atoms with Crippen molar-refractivity contribution in [1.82, 2.24) is 10.0 Å². The molecule has 2 aliphatic rings. The molecule has 1 heterocycles. The fourth-order valence-electron chi connectivity index (χ4n) is 5.20. The molecule has 0 radical (unpaired) electrons. The van der Waals surface area contributed by atoms with Gasteiger partial charge in [0.2, 0.25) is 0 Å². The number of ether oxygens (including phenoxy) is 2. The molecule has 5 rings (SSSR count). The molecular weight excluding hydrogens is 560 g/mol. The first-order chi connectivity index (χ1) is 20.2. The van der Waals surface area contributed by atoms with Gasteiger partial charge in [-0.3, -0.25) is 19.2 Å². The van der Waals surface area contributed by atoms with Crippen molar-refractivity contribution in [3.63, 3.8) is 0 Å². The van der Waals surface area contributed by atoms with Crippen LogP contribution in [-0.2, 0) is 9.59 Å². The first-order valence-corrected chi connectivity index (χ1v) is 13.7. The molecule has 1 aliphatic heterocycles. The molecule has 0 unspecified atom stereocenters. The SMILES string of the molecule is COc1cccc(C(=O)Oc2ccc(C(=O)CN(C(=O)c3ccc(Cl)cc3)N3C(=O)[C@@H]4[C@H](C)C=CC[C@H]4C3=O)cc2)c1. The fourth-order valence-corrected chi connectivity index (χ4v) is 5.32. The summed E-state index contributed by atoms with van der Waals surface area (Å²) in [5.74, 6) is -3.57. The monoisotopic (exact) mass is 586 g/mol. The predicted molar refractivity (Wildman–Crippen MR) is 153 cm³/mol. The molecule has 0 aromatic heterocycles. The average Bonchev–Trinajstić information content (AvgIpc) is 3.26. The molecule has 9 nitrogen and oxygen atoms in total. The standard InChI is InChI=1S/C32H27ClN2O7/c1-19-5-3-8-26-28(19)31(39)35(30(26)38)34(29(37)21-9-13-23(33)14-10-21)18-27(36)20-11-15-24(16-12-20)42-32(40)22-6-4-7-25(17-22)41-2/h3-7,9-17,19,26,28H,8,18H2,1-2H3/t19-,26-,28-/m1/s1. The zero-order chi connectivity index (χ0) is 30.0. The summed E-state index contributed by atoms with van der Waals surface area (Å²) in [4.78, 5) is 66.6. The van der Waals surface area contributed by atoms with Gasteiger partial charge in [0.15, 0.2) is 5.78 Å². The molecule has 3 atom stereocenters. The van der Waals surface area contributed by atoms with E-state index in [1.165, 1.54) is 55.6 Å². The van der Waals surface area contributed by atoms with Gasteiger partial charge in [0.05, 0.1) is 24.5 Å². The average molecular weight is 587 g/mol. The van der Waals surface area contributed by atoms with Gasteiger partial charge in [0, 0.05) is 16.1 Å². The number of ketones is 1. The third-order valence-electron chi connectivity index (χ3n) is 7.40. The number of Topliss-reactive ketones (excluding diaryl/α,β-unsaturated/α-hetero) is 1. The lowest BCUT2D eigenvalue weighted by atomic mass is 9.78. The van der Waals surface area contributed by atoms with Crippen LogP contribution < -0.4 is 9.47 Å². The van der Waals surface area contributed by atoms with E-state index in [0.717, 1.165) is 10.0 Å². The van der Waals surface area contributed by atoms with Gasteiger partial charge in [-0.15, -0.1) is 0 Å². The van der Waals surface area contributed by atoms with Gasteiger partial charge in [0.1, 0.15) is 18.0 Å². The number of rotatable bonds is 8. The molecule has 1 fully saturated rings. The maximum absolute atomic E-state index is 13.6. The molecule has 214 valence electrons. The second kappa shape index (κ2) is 12.0. The first-order valence-electron chi connectivity index (χ1n) is 13.3. The number of hydrazine groups is 1. The summed E-state index contributed by atoms with van der Waals surface area (Å²) < 4.78 is 10.5. The summed E-state index contributed by atoms with van der Waals surface area (Å²) >= 11 is 5.98. The number of halogens is 1. The Balaban J connectivity index is 1.37. The minimum Gasteiger partial charge on any atom is -0.497 e. The van der Waals surface area contributed by atoms with E-state index in [1.54, 1.807) is 24.3 Å². The molecule has 10 heteroatoms. The fraction of sp³-hybridized carbons (Fsp3) is 0.219. The second-order valence-corrected chi connectivity index (χ2v) is 10.5. The first kappa shape index (κ1) is 28.8. The Morgan fingerprint density at radius 1 is 0.905 bits per heavy atom. The summed E-state index contributed by atoms with van der Waals surface area (Å²) in [7, 11) is 1.49. The van der Waals surface area contributed by atoms with Crippen LogP contribution in [-0.4, -0.2) is 53.1 Å². The number of esters is 1. The number of allylic oxidation sites excluding steroid dienone is 2. The molecule has 0 saturated carbocycles. The van der Waals surface area contributed by atoms with Crippen molar-refractivity contribution in [2.75, 3.05) is 13.7 Å². The van der Waals surface area contributed by atoms with Crippen LogP contribution in [0.5, 0.6) is 11.5 Å². The molecule has 3 aromatic rings. The van der Waals surface area contributed by atoms with Crippen molar-refractivity contribution in [1.29, 1.82) is 0 Å². The van der Waals surface area contributed by atoms with E-state index in [2.05, 4.69) is 0 Å². The number of amides is 3. The van der Waals surface area contributed by atoms with Crippen molar-refractivity contribution in [3.05, 3.63) is 107 Å². The molecular formula is C32H27ClN2O7. The van der Waals surface area contributed by atoms with Gasteiger partial charge in [-0.1, -0.05) is 36.7 Å². The number of imide groups is 1. The van der Waals surface area contributed by atoms with Crippen LogP contribution in [0.4, 0.5) is 0 Å². The lowest BCUT2D eigenvalue weighted by Crippen LogP contribution is -2.52. The van der Waals surface area contributed by atoms with E-state index in [4.69, 9.17) is 21.1 Å². The number of benzene rings is 3. The van der Waals surface area contributed by atoms with Crippen molar-refractivity contribution in [2.24, 2.45) is 17.8 Å². The summed E-state index contributed by atoms with van der Waals surface area (Å²) in [6.07, 6.45) is 4.12. The topological polar surface area (TPSA) is 110 Å². The Morgan fingerprint density at radius 3 is 2.26 bits per heavy atom. The van der Waals surface area contributed by atoms with Gasteiger partial charge >= 0.3 is 5.97 Å². The van der Waals surface area contributed by atoms with Crippen LogP contribution in [0.2, 0.25) is 5.02 Å². The zero-order valence-corrected chi connectivity index (χ0v) is 23.6. The normalized spacial score (nSPS) is 19.3. The van der Waals surface area contributed by atoms with Gasteiger partial charge in [-0.2, -0.15) is 5.01 Å². The second-order valence-electron chi connectivity index (χ2n) is 10.1. The minimum atomic E-state index is -0.690. The summed E-state index contributed by atoms with van der Waals surface area (Å²) in [5.41, 5.74) is 0.640. The van der Waals surface area contributed by atoms with Crippen LogP contribution in [0.3, 0.4) is 0 Å². The Bertz CT molecular complexity index is 1580. The van der Waals surface area contributed by atoms with Gasteiger partial charge in [-0.25, -0.2) is 9.80 Å². The van der Waals surface area contributed by atoms with Gasteiger partial charge in [0.25, 0.3) is 17.7 Å². The molecule has 42 heavy (non-hydrogen) atoms. The smallest absolute Gasteiger partial charge is 0.343 e. The summed E-state index contributed by atoms with van der Waals surface area (Å²) in [6, 6.07) is 18.2. The van der Waals surface area contributed by atoms with E-state index in [1.807, 2.05) is 19.1 Å². The molecule has 3 aromatic carbocycles. The minimum absolute atomic E-state index is 0.161. The molecule has 1 saturated heterocycles. The number of carbonyl (C=O) groups excluding carboxylic acids is 5. The number of carbonyl (C=O) groups is 5. The van der Waals surface area contributed by atoms with Crippen molar-refractivity contribution >= 4 is 41.1 Å². The highest BCUT2D eigenvalue weighted by atomic mass is 35.5. The number of hydrogen-bond acceptors (Lipinski definition) is 7. The van der Waals surface area contributed by atoms with E-state index in [0.29, 0.717) is 17.2 Å². The van der Waals surface area contributed by atoms with Crippen LogP contribution in [0.15, 0.2) is 84.9 Å². The Kier molecular flexibility index (Phi) is 8.22. The molecule has 0 bridgehead atoms. The van der Waals surface area contributed by atoms with Gasteiger partial charge in [-0.05, 0) is 79.1 Å². The highest BCUT2D eigenvalue weighted by Crippen LogP contribution is 2.39. The van der Waals surface area contributed by atoms with E-state index < -0.39 is 47.9 Å². The van der Waals surface area contributed by atoms with E-state index in [-0.39, 0.29) is 28.4 Å². The van der Waals surface area contributed by atoms with Crippen molar-refractivity contribution in [2.45, 2.75) is 13.3 Å². The summed E-state index contributed by atoms with van der Waals surface area (Å²) in [6.45, 7) is 1.28. The van der Waals surface area contributed by atoms with E-state index >= 15 is 0 Å². The third-order valence-corrected chi connectivity index (χ3v) is 7.65. The largest absolute Gasteiger partial charge is 0.497 e. The Hall–Kier alpha value is -4.76. The molecule has 0 spiro atoms. The lowest BCUT2D eigenvalue weighted by Gasteiger charge is -2.30. The highest BCUT2D eigenvalue weighted by molar-refractivity contribution is 6.30. The van der Waals surface area contributed by atoms with Crippen LogP contribution in [0, 0.1) is 17.8 Å². The van der Waals surface area contributed by atoms with Crippen molar-refractivity contribution < 1.29 is 33.4 Å². The maximum atomic E-state index is 13.6. The quantitative estimate of drug-likeness (QED) is 0.120. The predicted octanol–water partition coefficient (Wildman–Crippen LogP) is 5.01. The maximum Gasteiger partial charge on any atom is 0.343 e. The zero-order valence-electron chi connectivity index (χ0n) is 22.9. The molecule has 3 amide bonds. The van der Waals surface area contributed by atoms with Crippen LogP contribution in [0.25, 0.3) is 0 Å². The van der Waals surface area contributed by atoms with Gasteiger partial charge < -0.3 is 9.47 Å². The van der Waals surface area contributed by atoms with Crippen molar-refractivity contribution in [3.8, 4) is 11.5 Å². The number of methoxy groups -OCH3 is 1. The number of fused-ring (bicyclic) bond motifs is 1. The van der Waals surface area contributed by atoms with Crippen LogP contribution in [0.1, 0.15) is 44.4 Å². The Morgan fingerprint density at radius 2 is 1.60 bits per heavy atom. The summed E-state index contributed by atoms with van der Waals surface area (Å²) in [5, 5.41) is 2.15. The van der Waals surface area contributed by atoms with Crippen LogP contribution >= 0.6 is 11.6 Å². The third kappa shape index (κ3) is 5.69. The highest BCUT2D eigenvalue weighted by Gasteiger charge is 2.53. The molecule has 0 N–H and O–H groups in total. The van der Waals surface area contributed by atoms with E-state index in [9.17, 15) is 24.0 Å². The lowest BCUT2D eigenvalue weighted by molar-refractivity contribution is -0.154. The Labute approximate surface area is 247 Å². The number of hydrogen-bond donors (Lipinski definition) is 0. The number of nitrogens with zero attached hydrogens (tertiary/aromatic N) is 2. The molecule has 1 aliphatic carbocycles.